The molecule has 3 aromatic rings. The van der Waals surface area contributed by atoms with E-state index in [2.05, 4.69) is 34.1 Å². The summed E-state index contributed by atoms with van der Waals surface area (Å²) in [6.45, 7) is 6.20. The van der Waals surface area contributed by atoms with Gasteiger partial charge in [-0.3, -0.25) is 9.59 Å². The zero-order valence-electron chi connectivity index (χ0n) is 23.8. The predicted octanol–water partition coefficient (Wildman–Crippen LogP) is 4.36. The van der Waals surface area contributed by atoms with Crippen molar-refractivity contribution in [2.75, 3.05) is 56.0 Å². The fourth-order valence-electron chi connectivity index (χ4n) is 5.46. The fraction of sp³-hybridized carbons (Fsp3) is 0.355. The van der Waals surface area contributed by atoms with Gasteiger partial charge in [0.15, 0.2) is 5.82 Å². The van der Waals surface area contributed by atoms with Crippen molar-refractivity contribution in [2.45, 2.75) is 25.3 Å². The van der Waals surface area contributed by atoms with Gasteiger partial charge in [0.05, 0.1) is 24.9 Å². The van der Waals surface area contributed by atoms with E-state index in [1.54, 1.807) is 49.5 Å². The number of benzene rings is 2. The van der Waals surface area contributed by atoms with Gasteiger partial charge in [-0.2, -0.15) is 4.98 Å². The van der Waals surface area contributed by atoms with Crippen LogP contribution in [0.5, 0.6) is 5.75 Å². The summed E-state index contributed by atoms with van der Waals surface area (Å²) in [5.41, 5.74) is 2.68. The van der Waals surface area contributed by atoms with E-state index in [4.69, 9.17) is 9.72 Å². The number of nitrogens with one attached hydrogen (secondary N) is 2. The molecule has 3 heterocycles. The largest absolute Gasteiger partial charge is 0.495 e. The lowest BCUT2D eigenvalue weighted by Gasteiger charge is -2.30. The first-order chi connectivity index (χ1) is 19.9. The van der Waals surface area contributed by atoms with Gasteiger partial charge in [-0.15, -0.1) is 6.58 Å². The van der Waals surface area contributed by atoms with Crippen molar-refractivity contribution in [3.05, 3.63) is 72.9 Å². The highest BCUT2D eigenvalue weighted by Crippen LogP contribution is 2.38. The first-order valence-corrected chi connectivity index (χ1v) is 13.9. The number of hydrogen-bond acceptors (Lipinski definition) is 8. The number of likely N-dealkylation sites (tertiary alicyclic amines) is 1. The number of likely N-dealkylation sites (N-methyl/N-ethyl adjacent to an activating group) is 1. The lowest BCUT2D eigenvalue weighted by atomic mass is 10.0. The van der Waals surface area contributed by atoms with Crippen molar-refractivity contribution in [3.8, 4) is 5.75 Å². The van der Waals surface area contributed by atoms with Crippen molar-refractivity contribution in [2.24, 2.45) is 5.92 Å². The Morgan fingerprint density at radius 1 is 1.17 bits per heavy atom. The van der Waals surface area contributed by atoms with Gasteiger partial charge in [-0.1, -0.05) is 24.3 Å². The van der Waals surface area contributed by atoms with E-state index in [1.165, 1.54) is 0 Å². The Morgan fingerprint density at radius 3 is 2.71 bits per heavy atom. The van der Waals surface area contributed by atoms with E-state index < -0.39 is 0 Å². The monoisotopic (exact) mass is 555 g/mol. The zero-order chi connectivity index (χ0) is 28.9. The van der Waals surface area contributed by atoms with Crippen LogP contribution in [0.1, 0.15) is 29.6 Å². The molecule has 0 bridgehead atoms. The van der Waals surface area contributed by atoms with Crippen LogP contribution in [0.2, 0.25) is 0 Å². The summed E-state index contributed by atoms with van der Waals surface area (Å²) in [5.74, 6) is 1.03. The Bertz CT molecular complexity index is 1410. The van der Waals surface area contributed by atoms with E-state index in [0.29, 0.717) is 47.4 Å². The van der Waals surface area contributed by atoms with Gasteiger partial charge in [0.2, 0.25) is 11.9 Å². The zero-order valence-corrected chi connectivity index (χ0v) is 23.8. The third kappa shape index (κ3) is 6.17. The minimum absolute atomic E-state index is 0.00991. The molecule has 10 heteroatoms. The number of para-hydroxylation sites is 1. The maximum atomic E-state index is 13.3. The molecule has 1 saturated heterocycles. The number of ether oxygens (including phenoxy) is 1. The van der Waals surface area contributed by atoms with Crippen LogP contribution < -0.4 is 25.2 Å². The van der Waals surface area contributed by atoms with Crippen molar-refractivity contribution >= 4 is 40.6 Å². The Balaban J connectivity index is 1.42. The van der Waals surface area contributed by atoms with Gasteiger partial charge in [-0.05, 0) is 63.2 Å². The predicted molar refractivity (Wildman–Crippen MR) is 161 cm³/mol. The van der Waals surface area contributed by atoms with Gasteiger partial charge >= 0.3 is 0 Å². The summed E-state index contributed by atoms with van der Waals surface area (Å²) in [4.78, 5) is 41.6. The Kier molecular flexibility index (Phi) is 8.49. The highest BCUT2D eigenvalue weighted by atomic mass is 16.5. The molecule has 41 heavy (non-hydrogen) atoms. The molecule has 1 unspecified atom stereocenters. The lowest BCUT2D eigenvalue weighted by molar-refractivity contribution is -0.121. The molecule has 0 spiro atoms. The molecule has 2 aliphatic rings. The third-order valence-corrected chi connectivity index (χ3v) is 7.64. The van der Waals surface area contributed by atoms with Crippen molar-refractivity contribution in [1.29, 1.82) is 0 Å². The van der Waals surface area contributed by atoms with Crippen molar-refractivity contribution in [3.63, 3.8) is 0 Å². The number of hydrogen-bond donors (Lipinski definition) is 2. The highest BCUT2D eigenvalue weighted by Gasteiger charge is 2.33. The average molecular weight is 556 g/mol. The van der Waals surface area contributed by atoms with Crippen LogP contribution in [0.3, 0.4) is 0 Å². The molecule has 5 rings (SSSR count). The summed E-state index contributed by atoms with van der Waals surface area (Å²) in [7, 11) is 5.38. The normalized spacial score (nSPS) is 19.2. The molecule has 2 aliphatic heterocycles. The Hall–Kier alpha value is -4.44. The molecule has 1 aromatic heterocycles. The van der Waals surface area contributed by atoms with E-state index in [1.807, 2.05) is 35.2 Å². The standard InChI is InChI=1S/C31H37N7O3/c1-5-10-22-19-38(24-12-7-6-8-13-24)28-26(37(3)30(22)40)18-32-31(35-28)34-25-15-14-21(17-27(25)41-4)29(39)33-23-11-9-16-36(2)20-23/h5-8,12-15,17-18,22-23H,1,9-11,16,19-20H2,2-4H3,(H,33,39)(H,32,34,35)/t22?,23-/m1/s1. The number of anilines is 5. The number of carbonyl (C=O) groups is 2. The van der Waals surface area contributed by atoms with E-state index in [-0.39, 0.29) is 23.8 Å². The van der Waals surface area contributed by atoms with Gasteiger partial charge in [0.1, 0.15) is 11.4 Å². The second-order valence-electron chi connectivity index (χ2n) is 10.6. The Labute approximate surface area is 241 Å². The second kappa shape index (κ2) is 12.4. The van der Waals surface area contributed by atoms with E-state index in [0.717, 1.165) is 31.6 Å². The third-order valence-electron chi connectivity index (χ3n) is 7.64. The van der Waals surface area contributed by atoms with Gasteiger partial charge in [-0.25, -0.2) is 4.98 Å². The van der Waals surface area contributed by atoms with Crippen LogP contribution in [-0.2, 0) is 4.79 Å². The summed E-state index contributed by atoms with van der Waals surface area (Å²) >= 11 is 0. The number of carbonyl (C=O) groups excluding carboxylic acids is 2. The molecule has 2 atom stereocenters. The lowest BCUT2D eigenvalue weighted by Crippen LogP contribution is -2.46. The van der Waals surface area contributed by atoms with Gasteiger partial charge < -0.3 is 30.1 Å². The molecule has 1 fully saturated rings. The number of nitrogens with zero attached hydrogens (tertiary/aromatic N) is 5. The summed E-state index contributed by atoms with van der Waals surface area (Å²) in [6.07, 6.45) is 6.02. The highest BCUT2D eigenvalue weighted by molar-refractivity contribution is 6.00. The van der Waals surface area contributed by atoms with Crippen LogP contribution >= 0.6 is 0 Å². The maximum absolute atomic E-state index is 13.3. The summed E-state index contributed by atoms with van der Waals surface area (Å²) in [5, 5.41) is 6.39. The van der Waals surface area contributed by atoms with E-state index in [9.17, 15) is 9.59 Å². The minimum Gasteiger partial charge on any atom is -0.495 e. The number of piperidine rings is 1. The average Bonchev–Trinajstić information content (AvgIpc) is 3.08. The molecule has 10 nitrogen and oxygen atoms in total. The molecule has 2 amide bonds. The number of aromatic nitrogens is 2. The maximum Gasteiger partial charge on any atom is 0.251 e. The smallest absolute Gasteiger partial charge is 0.251 e. The van der Waals surface area contributed by atoms with Gasteiger partial charge in [0, 0.05) is 37.4 Å². The molecule has 0 aliphatic carbocycles. The number of fused-ring (bicyclic) bond motifs is 1. The molecule has 214 valence electrons. The fourth-order valence-corrected chi connectivity index (χ4v) is 5.46. The van der Waals surface area contributed by atoms with Crippen LogP contribution in [0.4, 0.5) is 28.8 Å². The molecular formula is C31H37N7O3. The number of amides is 2. The van der Waals surface area contributed by atoms with Crippen LogP contribution in [-0.4, -0.2) is 73.6 Å². The number of rotatable bonds is 8. The van der Waals surface area contributed by atoms with Crippen molar-refractivity contribution < 1.29 is 14.3 Å². The topological polar surface area (TPSA) is 103 Å². The molecule has 2 N–H and O–H groups in total. The number of allylic oxidation sites excluding steroid dienone is 1. The number of methoxy groups -OCH3 is 1. The molecule has 0 radical (unpaired) electrons. The SMILES string of the molecule is C=CCC1CN(c2ccccc2)c2nc(Nc3ccc(C(=O)N[C@@H]4CCCN(C)C4)cc3OC)ncc2N(C)C1=O. The van der Waals surface area contributed by atoms with Gasteiger partial charge in [0.25, 0.3) is 5.91 Å². The first-order valence-electron chi connectivity index (χ1n) is 13.9. The summed E-state index contributed by atoms with van der Waals surface area (Å²) < 4.78 is 5.63. The molecule has 2 aromatic carbocycles. The molecule has 0 saturated carbocycles. The minimum atomic E-state index is -0.281. The Morgan fingerprint density at radius 2 is 1.98 bits per heavy atom. The second-order valence-corrected chi connectivity index (χ2v) is 10.6. The van der Waals surface area contributed by atoms with Crippen molar-refractivity contribution in [1.82, 2.24) is 20.2 Å². The quantitative estimate of drug-likeness (QED) is 0.396. The van der Waals surface area contributed by atoms with Crippen LogP contribution in [0.25, 0.3) is 0 Å². The first kappa shape index (κ1) is 28.1. The summed E-state index contributed by atoms with van der Waals surface area (Å²) in [6, 6.07) is 15.3. The van der Waals surface area contributed by atoms with E-state index >= 15 is 0 Å². The van der Waals surface area contributed by atoms with Crippen LogP contribution in [0.15, 0.2) is 67.4 Å². The van der Waals surface area contributed by atoms with Crippen LogP contribution in [0, 0.1) is 5.92 Å². The molecular weight excluding hydrogens is 518 g/mol.